The van der Waals surface area contributed by atoms with Gasteiger partial charge in [-0.1, -0.05) is 11.6 Å². The van der Waals surface area contributed by atoms with Crippen LogP contribution in [0.2, 0.25) is 5.15 Å². The topological polar surface area (TPSA) is 25.8 Å². The Kier molecular flexibility index (Phi) is 2.98. The minimum Gasteiger partial charge on any atom is -0.236 e. The van der Waals surface area contributed by atoms with Crippen molar-refractivity contribution < 1.29 is 4.39 Å². The standard InChI is InChI=1S/C10H5BrClFN2/c11-7-2-1-6(5-8(7)13)10-14-4-3-9(12)15-10/h1-5H. The molecule has 0 saturated heterocycles. The van der Waals surface area contributed by atoms with Gasteiger partial charge in [-0.3, -0.25) is 0 Å². The lowest BCUT2D eigenvalue weighted by Gasteiger charge is -2.01. The monoisotopic (exact) mass is 286 g/mol. The predicted octanol–water partition coefficient (Wildman–Crippen LogP) is 3.70. The van der Waals surface area contributed by atoms with E-state index < -0.39 is 0 Å². The lowest BCUT2D eigenvalue weighted by atomic mass is 10.2. The first-order valence-electron chi connectivity index (χ1n) is 4.11. The summed E-state index contributed by atoms with van der Waals surface area (Å²) in [6.45, 7) is 0. The Bertz CT molecular complexity index is 505. The van der Waals surface area contributed by atoms with E-state index in [2.05, 4.69) is 25.9 Å². The summed E-state index contributed by atoms with van der Waals surface area (Å²) in [5.74, 6) is 0.0602. The Balaban J connectivity index is 2.50. The van der Waals surface area contributed by atoms with Crippen molar-refractivity contribution >= 4 is 27.5 Å². The lowest BCUT2D eigenvalue weighted by molar-refractivity contribution is 0.621. The van der Waals surface area contributed by atoms with Gasteiger partial charge in [0.05, 0.1) is 4.47 Å². The third-order valence-electron chi connectivity index (χ3n) is 1.80. The number of rotatable bonds is 1. The molecule has 76 valence electrons. The maximum absolute atomic E-state index is 13.2. The summed E-state index contributed by atoms with van der Waals surface area (Å²) in [6, 6.07) is 6.25. The van der Waals surface area contributed by atoms with Gasteiger partial charge in [0.1, 0.15) is 11.0 Å². The molecule has 0 fully saturated rings. The van der Waals surface area contributed by atoms with Gasteiger partial charge in [-0.05, 0) is 40.2 Å². The van der Waals surface area contributed by atoms with E-state index >= 15 is 0 Å². The molecule has 0 aliphatic heterocycles. The quantitative estimate of drug-likeness (QED) is 0.747. The minimum atomic E-state index is -0.351. The van der Waals surface area contributed by atoms with Gasteiger partial charge in [-0.15, -0.1) is 0 Å². The van der Waals surface area contributed by atoms with Crippen LogP contribution in [-0.2, 0) is 0 Å². The molecule has 1 heterocycles. The highest BCUT2D eigenvalue weighted by Gasteiger charge is 2.05. The van der Waals surface area contributed by atoms with Gasteiger partial charge < -0.3 is 0 Å². The first kappa shape index (κ1) is 10.5. The molecule has 0 N–H and O–H groups in total. The van der Waals surface area contributed by atoms with E-state index in [0.717, 1.165) is 0 Å². The van der Waals surface area contributed by atoms with E-state index in [-0.39, 0.29) is 5.82 Å². The van der Waals surface area contributed by atoms with Crippen molar-refractivity contribution in [2.24, 2.45) is 0 Å². The van der Waals surface area contributed by atoms with Gasteiger partial charge in [0.25, 0.3) is 0 Å². The molecule has 5 heteroatoms. The molecule has 15 heavy (non-hydrogen) atoms. The van der Waals surface area contributed by atoms with Gasteiger partial charge in [-0.25, -0.2) is 14.4 Å². The Hall–Kier alpha value is -1.00. The van der Waals surface area contributed by atoms with Crippen LogP contribution >= 0.6 is 27.5 Å². The van der Waals surface area contributed by atoms with Gasteiger partial charge in [0.15, 0.2) is 5.82 Å². The molecular formula is C10H5BrClFN2. The molecule has 0 aliphatic rings. The number of nitrogens with zero attached hydrogens (tertiary/aromatic N) is 2. The third kappa shape index (κ3) is 2.33. The van der Waals surface area contributed by atoms with Gasteiger partial charge >= 0.3 is 0 Å². The lowest BCUT2D eigenvalue weighted by Crippen LogP contribution is -1.89. The summed E-state index contributed by atoms with van der Waals surface area (Å²) >= 11 is 8.79. The van der Waals surface area contributed by atoms with Gasteiger partial charge in [-0.2, -0.15) is 0 Å². The Labute approximate surface area is 99.3 Å². The Morgan fingerprint density at radius 1 is 1.27 bits per heavy atom. The Morgan fingerprint density at radius 3 is 2.73 bits per heavy atom. The normalized spacial score (nSPS) is 10.3. The van der Waals surface area contributed by atoms with Crippen LogP contribution in [0.1, 0.15) is 0 Å². The molecule has 0 radical (unpaired) electrons. The summed E-state index contributed by atoms with van der Waals surface area (Å²) in [5, 5.41) is 0.336. The van der Waals surface area contributed by atoms with Gasteiger partial charge in [0.2, 0.25) is 0 Å². The first-order valence-corrected chi connectivity index (χ1v) is 5.28. The zero-order valence-corrected chi connectivity index (χ0v) is 9.76. The molecular weight excluding hydrogens is 282 g/mol. The zero-order valence-electron chi connectivity index (χ0n) is 7.42. The highest BCUT2D eigenvalue weighted by Crippen LogP contribution is 2.22. The molecule has 0 unspecified atom stereocenters. The molecule has 0 spiro atoms. The van der Waals surface area contributed by atoms with E-state index in [1.165, 1.54) is 12.3 Å². The minimum absolute atomic E-state index is 0.336. The fourth-order valence-electron chi connectivity index (χ4n) is 1.11. The van der Waals surface area contributed by atoms with E-state index in [0.29, 0.717) is 21.0 Å². The number of benzene rings is 1. The highest BCUT2D eigenvalue weighted by atomic mass is 79.9. The maximum atomic E-state index is 13.2. The molecule has 2 rings (SSSR count). The van der Waals surface area contributed by atoms with Crippen molar-refractivity contribution in [1.82, 2.24) is 9.97 Å². The summed E-state index contributed by atoms with van der Waals surface area (Å²) in [6.07, 6.45) is 1.53. The SMILES string of the molecule is Fc1cc(-c2nccc(Cl)n2)ccc1Br. The molecule has 1 aromatic heterocycles. The summed E-state index contributed by atoms with van der Waals surface area (Å²) in [4.78, 5) is 7.99. The third-order valence-corrected chi connectivity index (χ3v) is 2.65. The van der Waals surface area contributed by atoms with Gasteiger partial charge in [0, 0.05) is 11.8 Å². The van der Waals surface area contributed by atoms with E-state index in [4.69, 9.17) is 11.6 Å². The van der Waals surface area contributed by atoms with Crippen LogP contribution in [0.5, 0.6) is 0 Å². The van der Waals surface area contributed by atoms with Crippen LogP contribution in [0.25, 0.3) is 11.4 Å². The second-order valence-electron chi connectivity index (χ2n) is 2.83. The number of hydrogen-bond donors (Lipinski definition) is 0. The number of halogens is 3. The van der Waals surface area contributed by atoms with Crippen LogP contribution in [0, 0.1) is 5.82 Å². The molecule has 0 aliphatic carbocycles. The second kappa shape index (κ2) is 4.24. The summed E-state index contributed by atoms with van der Waals surface area (Å²) in [5.41, 5.74) is 0.596. The maximum Gasteiger partial charge on any atom is 0.160 e. The number of hydrogen-bond acceptors (Lipinski definition) is 2. The second-order valence-corrected chi connectivity index (χ2v) is 4.07. The van der Waals surface area contributed by atoms with Crippen LogP contribution in [0.15, 0.2) is 34.9 Å². The molecule has 0 atom stereocenters. The molecule has 0 bridgehead atoms. The van der Waals surface area contributed by atoms with Crippen LogP contribution in [0.4, 0.5) is 4.39 Å². The first-order chi connectivity index (χ1) is 7.16. The van der Waals surface area contributed by atoms with Crippen molar-refractivity contribution in [3.63, 3.8) is 0 Å². The van der Waals surface area contributed by atoms with Crippen LogP contribution in [-0.4, -0.2) is 9.97 Å². The molecule has 2 aromatic rings. The summed E-state index contributed by atoms with van der Waals surface area (Å²) in [7, 11) is 0. The van der Waals surface area contributed by atoms with E-state index in [1.54, 1.807) is 18.2 Å². The fraction of sp³-hybridized carbons (Fsp3) is 0. The van der Waals surface area contributed by atoms with Crippen molar-refractivity contribution in [3.05, 3.63) is 45.9 Å². The highest BCUT2D eigenvalue weighted by molar-refractivity contribution is 9.10. The van der Waals surface area contributed by atoms with E-state index in [1.807, 2.05) is 0 Å². The van der Waals surface area contributed by atoms with Crippen LogP contribution < -0.4 is 0 Å². The van der Waals surface area contributed by atoms with Crippen molar-refractivity contribution in [3.8, 4) is 11.4 Å². The largest absolute Gasteiger partial charge is 0.236 e. The average molecular weight is 288 g/mol. The van der Waals surface area contributed by atoms with Crippen molar-refractivity contribution in [2.45, 2.75) is 0 Å². The van der Waals surface area contributed by atoms with E-state index in [9.17, 15) is 4.39 Å². The Morgan fingerprint density at radius 2 is 2.07 bits per heavy atom. The predicted molar refractivity (Wildman–Crippen MR) is 60.1 cm³/mol. The fourth-order valence-corrected chi connectivity index (χ4v) is 1.49. The smallest absolute Gasteiger partial charge is 0.160 e. The zero-order chi connectivity index (χ0) is 10.8. The van der Waals surface area contributed by atoms with Crippen molar-refractivity contribution in [2.75, 3.05) is 0 Å². The van der Waals surface area contributed by atoms with Crippen molar-refractivity contribution in [1.29, 1.82) is 0 Å². The molecule has 0 amide bonds. The molecule has 1 aromatic carbocycles. The van der Waals surface area contributed by atoms with Crippen LogP contribution in [0.3, 0.4) is 0 Å². The summed E-state index contributed by atoms with van der Waals surface area (Å²) < 4.78 is 13.6. The average Bonchev–Trinajstić information content (AvgIpc) is 2.22. The molecule has 2 nitrogen and oxygen atoms in total. The molecule has 0 saturated carbocycles. The number of aromatic nitrogens is 2.